The summed E-state index contributed by atoms with van der Waals surface area (Å²) in [5.41, 5.74) is 0. The van der Waals surface area contributed by atoms with Crippen LogP contribution in [0.2, 0.25) is 0 Å². The Morgan fingerprint density at radius 1 is 0.667 bits per heavy atom. The molecule has 31 nitrogen and oxygen atoms in total. The summed E-state index contributed by atoms with van der Waals surface area (Å²) in [6, 6.07) is -3.67. The maximum atomic E-state index is 13.2. The van der Waals surface area contributed by atoms with Gasteiger partial charge in [-0.25, -0.2) is 9.59 Å². The number of amides is 2. The number of nitrogens with one attached hydrogen (secondary N) is 2. The predicted molar refractivity (Wildman–Crippen MR) is 211 cm³/mol. The molecule has 0 bridgehead atoms. The van der Waals surface area contributed by atoms with Crippen LogP contribution in [0.3, 0.4) is 0 Å². The van der Waals surface area contributed by atoms with Crippen molar-refractivity contribution in [3.05, 3.63) is 0 Å². The van der Waals surface area contributed by atoms with E-state index in [9.17, 15) is 100 Å². The smallest absolute Gasteiger partial charge is 0.364 e. The molecule has 0 saturated carbocycles. The average molecular weight is 1010 g/mol. The molecule has 4 fully saturated rings. The molecule has 4 aliphatic rings. The van der Waals surface area contributed by atoms with Crippen molar-refractivity contribution in [1.82, 2.24) is 10.6 Å². The standard InChI is InChI=1S/C38H60N2O29/c1-11(44)39-21-15(48)6-38(36(59)60,69-32-23(51)18(7-41)64-34(27(32)55)65-29-20(9-43)63-33(56)26(54)25(29)53)67-30(21)24(52)19(8-42)66-37(35(57)58)5-16(49)22(40-12(2)45)31(68-37)28(62-14(4)47)17(50)10-61-13(3)46/h15-34,41-43,48-56H,5-10H2,1-4H3,(H,39,44)(H,40,45)(H,57,58)(H,59,60)/t15-,16-,17+,18+,19+,20+,21+,22+,23-,24+,25+,26+,27+,28+,29+,30+,31+,32-,33+,34-,37+,38-/m0/s1. The van der Waals surface area contributed by atoms with Crippen LogP contribution in [0.1, 0.15) is 40.5 Å². The van der Waals surface area contributed by atoms with Crippen molar-refractivity contribution in [3.63, 3.8) is 0 Å². The lowest BCUT2D eigenvalue weighted by Crippen LogP contribution is -2.72. The molecule has 31 heteroatoms. The van der Waals surface area contributed by atoms with Gasteiger partial charge in [0, 0.05) is 40.5 Å². The Morgan fingerprint density at radius 3 is 1.70 bits per heavy atom. The molecule has 4 rings (SSSR count). The van der Waals surface area contributed by atoms with Crippen molar-refractivity contribution in [3.8, 4) is 0 Å². The van der Waals surface area contributed by atoms with Crippen LogP contribution < -0.4 is 10.6 Å². The predicted octanol–water partition coefficient (Wildman–Crippen LogP) is -9.91. The second-order valence-electron chi connectivity index (χ2n) is 16.7. The van der Waals surface area contributed by atoms with Crippen LogP contribution in [0.15, 0.2) is 0 Å². The Labute approximate surface area is 389 Å². The number of ether oxygens (including phenoxy) is 9. The number of aliphatic carboxylic acids is 2. The van der Waals surface area contributed by atoms with Crippen molar-refractivity contribution in [2.24, 2.45) is 0 Å². The van der Waals surface area contributed by atoms with Crippen LogP contribution in [0, 0.1) is 0 Å². The molecular formula is C38H60N2O29. The van der Waals surface area contributed by atoms with Gasteiger partial charge in [0.15, 0.2) is 18.7 Å². The Hall–Kier alpha value is -3.94. The molecule has 4 heterocycles. The first-order chi connectivity index (χ1) is 32.2. The Morgan fingerprint density at radius 2 is 1.20 bits per heavy atom. The molecule has 22 atom stereocenters. The van der Waals surface area contributed by atoms with E-state index in [0.717, 1.165) is 27.7 Å². The molecule has 0 unspecified atom stereocenters. The third-order valence-electron chi connectivity index (χ3n) is 11.5. The summed E-state index contributed by atoms with van der Waals surface area (Å²) in [6.45, 7) is -0.842. The quantitative estimate of drug-likeness (QED) is 0.0504. The van der Waals surface area contributed by atoms with Crippen molar-refractivity contribution >= 4 is 35.7 Å². The van der Waals surface area contributed by atoms with E-state index in [-0.39, 0.29) is 0 Å². The highest BCUT2D eigenvalue weighted by atomic mass is 16.8. The number of aliphatic hydroxyl groups is 12. The lowest BCUT2D eigenvalue weighted by molar-refractivity contribution is -0.387. The normalized spacial score (nSPS) is 40.0. The third-order valence-corrected chi connectivity index (χ3v) is 11.5. The van der Waals surface area contributed by atoms with Crippen molar-refractivity contribution in [2.75, 3.05) is 26.4 Å². The van der Waals surface area contributed by atoms with Gasteiger partial charge in [-0.05, 0) is 0 Å². The summed E-state index contributed by atoms with van der Waals surface area (Å²) < 4.78 is 48.8. The zero-order valence-electron chi connectivity index (χ0n) is 37.2. The molecule has 0 aromatic rings. The fourth-order valence-corrected chi connectivity index (χ4v) is 8.27. The highest BCUT2D eigenvalue weighted by molar-refractivity contribution is 5.77. The molecule has 16 N–H and O–H groups in total. The highest BCUT2D eigenvalue weighted by Gasteiger charge is 2.62. The number of carbonyl (C=O) groups excluding carboxylic acids is 4. The maximum Gasteiger partial charge on any atom is 0.364 e. The lowest BCUT2D eigenvalue weighted by Gasteiger charge is -2.51. The number of rotatable bonds is 20. The van der Waals surface area contributed by atoms with Crippen LogP contribution in [0.5, 0.6) is 0 Å². The van der Waals surface area contributed by atoms with E-state index in [4.69, 9.17) is 42.6 Å². The summed E-state index contributed by atoms with van der Waals surface area (Å²) in [5.74, 6) is -14.9. The van der Waals surface area contributed by atoms with Crippen LogP contribution in [0.25, 0.3) is 0 Å². The molecule has 4 aliphatic heterocycles. The second-order valence-corrected chi connectivity index (χ2v) is 16.7. The highest BCUT2D eigenvalue weighted by Crippen LogP contribution is 2.41. The van der Waals surface area contributed by atoms with Crippen LogP contribution in [-0.2, 0) is 71.4 Å². The van der Waals surface area contributed by atoms with E-state index < -0.39 is 209 Å². The molecule has 69 heavy (non-hydrogen) atoms. The minimum atomic E-state index is -3.37. The lowest BCUT2D eigenvalue weighted by atomic mass is 9.87. The van der Waals surface area contributed by atoms with E-state index in [1.807, 2.05) is 0 Å². The summed E-state index contributed by atoms with van der Waals surface area (Å²) in [6.07, 6.45) is -41.1. The summed E-state index contributed by atoms with van der Waals surface area (Å²) in [4.78, 5) is 74.9. The van der Waals surface area contributed by atoms with Gasteiger partial charge >= 0.3 is 23.9 Å². The van der Waals surface area contributed by atoms with Crippen molar-refractivity contribution in [2.45, 2.75) is 174 Å². The number of hydrogen-bond donors (Lipinski definition) is 16. The fraction of sp³-hybridized carbons (Fsp3) is 0.842. The summed E-state index contributed by atoms with van der Waals surface area (Å²) in [5, 5.41) is 155. The van der Waals surface area contributed by atoms with Gasteiger partial charge in [0.25, 0.3) is 11.6 Å². The summed E-state index contributed by atoms with van der Waals surface area (Å²) >= 11 is 0. The number of aliphatic hydroxyl groups excluding tert-OH is 12. The van der Waals surface area contributed by atoms with Crippen molar-refractivity contribution in [1.29, 1.82) is 0 Å². The molecule has 396 valence electrons. The van der Waals surface area contributed by atoms with E-state index >= 15 is 0 Å². The number of esters is 2. The van der Waals surface area contributed by atoms with Gasteiger partial charge in [-0.1, -0.05) is 0 Å². The zero-order chi connectivity index (χ0) is 52.0. The van der Waals surface area contributed by atoms with Crippen LogP contribution in [-0.4, -0.2) is 268 Å². The maximum absolute atomic E-state index is 13.2. The average Bonchev–Trinajstić information content (AvgIpc) is 3.27. The Balaban J connectivity index is 1.75. The van der Waals surface area contributed by atoms with Gasteiger partial charge in [0.2, 0.25) is 11.8 Å². The zero-order valence-corrected chi connectivity index (χ0v) is 37.2. The Kier molecular flexibility index (Phi) is 20.0. The Bertz CT molecular complexity index is 1790. The fourth-order valence-electron chi connectivity index (χ4n) is 8.27. The SMILES string of the molecule is CC(=O)N[C@H]1[C@H]([C@H](OC(C)=O)[C@H](O)COC(C)=O)O[C@@](O[C@H](CO)[C@@H](O)[C@@H]2O[C@@](O[C@H]3[C@@H](O)[C@@H](CO)O[C@@H](O[C@H]4[C@H](O)[C@@H](O)[C@H](O)O[C@@H]4CO)[C@@H]3O)(C(=O)O)C[C@H](O)[C@H]2NC(C)=O)(C(=O)O)C[C@@H]1O. The monoisotopic (exact) mass is 1010 g/mol. The first-order valence-electron chi connectivity index (χ1n) is 21.1. The number of hydrogen-bond acceptors (Lipinski definition) is 27. The van der Waals surface area contributed by atoms with Gasteiger partial charge in [-0.2, -0.15) is 0 Å². The number of carboxylic acid groups (broad SMARTS) is 2. The minimum absolute atomic E-state index is 0.840. The number of carboxylic acids is 2. The van der Waals surface area contributed by atoms with Crippen molar-refractivity contribution < 1.29 is 143 Å². The molecule has 0 radical (unpaired) electrons. The van der Waals surface area contributed by atoms with E-state index in [1.165, 1.54) is 0 Å². The van der Waals surface area contributed by atoms with E-state index in [0.29, 0.717) is 0 Å². The van der Waals surface area contributed by atoms with Gasteiger partial charge in [-0.3, -0.25) is 19.2 Å². The molecule has 0 aromatic heterocycles. The minimum Gasteiger partial charge on any atom is -0.477 e. The molecule has 0 spiro atoms. The van der Waals surface area contributed by atoms with Gasteiger partial charge in [-0.15, -0.1) is 0 Å². The van der Waals surface area contributed by atoms with Gasteiger partial charge in [0.05, 0.1) is 44.1 Å². The second kappa shape index (κ2) is 24.0. The molecular weight excluding hydrogens is 948 g/mol. The topological polar surface area (TPSA) is 493 Å². The molecule has 4 saturated heterocycles. The van der Waals surface area contributed by atoms with E-state index in [1.54, 1.807) is 0 Å². The van der Waals surface area contributed by atoms with Gasteiger partial charge < -0.3 is 125 Å². The first-order valence-corrected chi connectivity index (χ1v) is 21.1. The van der Waals surface area contributed by atoms with Gasteiger partial charge in [0.1, 0.15) is 86.0 Å². The largest absolute Gasteiger partial charge is 0.477 e. The van der Waals surface area contributed by atoms with E-state index in [2.05, 4.69) is 10.6 Å². The first kappa shape index (κ1) is 57.6. The van der Waals surface area contributed by atoms with Crippen LogP contribution >= 0.6 is 0 Å². The van der Waals surface area contributed by atoms with Crippen LogP contribution in [0.4, 0.5) is 0 Å². The third kappa shape index (κ3) is 13.1. The molecule has 0 aromatic carbocycles. The molecule has 0 aliphatic carbocycles. The summed E-state index contributed by atoms with van der Waals surface area (Å²) in [7, 11) is 0. The molecule has 2 amide bonds. The number of carbonyl (C=O) groups is 6.